The van der Waals surface area contributed by atoms with E-state index in [2.05, 4.69) is 15.3 Å². The van der Waals surface area contributed by atoms with Gasteiger partial charge in [-0.05, 0) is 42.7 Å². The smallest absolute Gasteiger partial charge is 0.322 e. The molecule has 1 aliphatic heterocycles. The highest BCUT2D eigenvalue weighted by Crippen LogP contribution is 2.37. The Kier molecular flexibility index (Phi) is 5.39. The molecule has 1 atom stereocenters. The number of carbonyl (C=O) groups is 2. The lowest BCUT2D eigenvalue weighted by Crippen LogP contribution is -2.28. The van der Waals surface area contributed by atoms with Gasteiger partial charge in [0.25, 0.3) is 11.1 Å². The van der Waals surface area contributed by atoms with Gasteiger partial charge in [0.05, 0.1) is 6.20 Å². The maximum absolute atomic E-state index is 11.9. The molecule has 3 heterocycles. The van der Waals surface area contributed by atoms with Gasteiger partial charge in [-0.1, -0.05) is 17.4 Å². The normalized spacial score (nSPS) is 15.1. The van der Waals surface area contributed by atoms with Gasteiger partial charge in [0.15, 0.2) is 0 Å². The number of aliphatic carboxylic acids is 1. The molecule has 148 valence electrons. The van der Waals surface area contributed by atoms with Gasteiger partial charge >= 0.3 is 5.97 Å². The third kappa shape index (κ3) is 4.52. The Bertz CT molecular complexity index is 1040. The summed E-state index contributed by atoms with van der Waals surface area (Å²) >= 11 is 1.05. The van der Waals surface area contributed by atoms with Crippen molar-refractivity contribution in [2.45, 2.75) is 18.9 Å². The first-order chi connectivity index (χ1) is 14.1. The first kappa shape index (κ1) is 18.9. The van der Waals surface area contributed by atoms with Gasteiger partial charge in [0.1, 0.15) is 29.0 Å². The summed E-state index contributed by atoms with van der Waals surface area (Å²) in [6.07, 6.45) is 6.58. The van der Waals surface area contributed by atoms with E-state index in [9.17, 15) is 9.59 Å². The largest absolute Gasteiger partial charge is 0.485 e. The minimum absolute atomic E-state index is 0.0196. The molecule has 0 bridgehead atoms. The van der Waals surface area contributed by atoms with E-state index in [1.165, 1.54) is 6.20 Å². The van der Waals surface area contributed by atoms with Crippen molar-refractivity contribution in [1.29, 1.82) is 0 Å². The van der Waals surface area contributed by atoms with Gasteiger partial charge in [-0.15, -0.1) is 0 Å². The van der Waals surface area contributed by atoms with Crippen LogP contribution in [0.15, 0.2) is 48.9 Å². The third-order valence-corrected chi connectivity index (χ3v) is 5.22. The van der Waals surface area contributed by atoms with E-state index in [-0.39, 0.29) is 11.0 Å². The topological polar surface area (TPSA) is 111 Å². The maximum Gasteiger partial charge on any atom is 0.322 e. The fraction of sp³-hybridized carbons (Fsp3) is 0.200. The molecule has 1 aliphatic rings. The molecule has 1 amide bonds. The van der Waals surface area contributed by atoms with E-state index >= 15 is 0 Å². The number of thiazole rings is 1. The van der Waals surface area contributed by atoms with Crippen LogP contribution in [-0.2, 0) is 11.2 Å². The van der Waals surface area contributed by atoms with Gasteiger partial charge in [-0.2, -0.15) is 0 Å². The Balaban J connectivity index is 1.42. The molecule has 29 heavy (non-hydrogen) atoms. The van der Waals surface area contributed by atoms with Crippen molar-refractivity contribution in [2.24, 2.45) is 0 Å². The highest BCUT2D eigenvalue weighted by atomic mass is 32.1. The number of fused-ring (bicyclic) bond motifs is 1. The van der Waals surface area contributed by atoms with Crippen LogP contribution in [-0.4, -0.2) is 33.5 Å². The van der Waals surface area contributed by atoms with E-state index in [4.69, 9.17) is 14.6 Å². The molecule has 4 rings (SSSR count). The number of carboxylic acid groups (broad SMARTS) is 1. The number of hydrogen-bond donors (Lipinski definition) is 2. The molecule has 0 spiro atoms. The molecule has 2 aromatic heterocycles. The Hall–Kier alpha value is -3.46. The lowest BCUT2D eigenvalue weighted by atomic mass is 9.98. The Morgan fingerprint density at radius 3 is 3.00 bits per heavy atom. The molecule has 3 aromatic rings. The third-order valence-electron chi connectivity index (χ3n) is 4.35. The molecule has 0 fully saturated rings. The quantitative estimate of drug-likeness (QED) is 0.641. The number of nitrogens with zero attached hydrogens (tertiary/aromatic N) is 2. The van der Waals surface area contributed by atoms with Crippen molar-refractivity contribution >= 4 is 23.2 Å². The molecular formula is C20H17N3O5S. The lowest BCUT2D eigenvalue weighted by molar-refractivity contribution is -0.135. The summed E-state index contributed by atoms with van der Waals surface area (Å²) < 4.78 is 11.9. The molecule has 9 heteroatoms. The highest BCUT2D eigenvalue weighted by molar-refractivity contribution is 7.15. The zero-order chi connectivity index (χ0) is 20.2. The van der Waals surface area contributed by atoms with E-state index in [1.54, 1.807) is 12.3 Å². The molecule has 0 saturated heterocycles. The number of ether oxygens (including phenoxy) is 2. The van der Waals surface area contributed by atoms with Crippen LogP contribution in [0, 0.1) is 0 Å². The van der Waals surface area contributed by atoms with Crippen molar-refractivity contribution in [3.8, 4) is 16.7 Å². The molecule has 0 saturated carbocycles. The summed E-state index contributed by atoms with van der Waals surface area (Å²) in [4.78, 5) is 30.9. The zero-order valence-corrected chi connectivity index (χ0v) is 16.0. The lowest BCUT2D eigenvalue weighted by Gasteiger charge is -2.26. The van der Waals surface area contributed by atoms with E-state index in [0.717, 1.165) is 41.1 Å². The standard InChI is InChI=1S/C20H17N3O5S/c24-18(25)11-22-19(26)17-10-23-20(29-17)27-14-4-6-15-12(8-14)3-5-16(28-15)13-2-1-7-21-9-13/h1-2,4,6-10,16H,3,5,11H2,(H,22,26)(H,24,25). The van der Waals surface area contributed by atoms with Crippen LogP contribution in [0.25, 0.3) is 0 Å². The second kappa shape index (κ2) is 8.27. The molecule has 1 aromatic carbocycles. The minimum Gasteiger partial charge on any atom is -0.485 e. The van der Waals surface area contributed by atoms with Crippen molar-refractivity contribution < 1.29 is 24.2 Å². The van der Waals surface area contributed by atoms with Gasteiger partial charge in [0.2, 0.25) is 0 Å². The number of benzene rings is 1. The van der Waals surface area contributed by atoms with Gasteiger partial charge in [0, 0.05) is 18.0 Å². The van der Waals surface area contributed by atoms with Crippen LogP contribution in [0.4, 0.5) is 0 Å². The summed E-state index contributed by atoms with van der Waals surface area (Å²) in [7, 11) is 0. The second-order valence-corrected chi connectivity index (χ2v) is 7.36. The number of amides is 1. The number of pyridine rings is 1. The van der Waals surface area contributed by atoms with Crippen molar-refractivity contribution in [3.05, 3.63) is 64.9 Å². The Morgan fingerprint density at radius 1 is 1.31 bits per heavy atom. The van der Waals surface area contributed by atoms with Gasteiger partial charge in [-0.25, -0.2) is 4.98 Å². The fourth-order valence-corrected chi connectivity index (χ4v) is 3.69. The van der Waals surface area contributed by atoms with Crippen LogP contribution in [0.3, 0.4) is 0 Å². The molecule has 8 nitrogen and oxygen atoms in total. The summed E-state index contributed by atoms with van der Waals surface area (Å²) in [5.74, 6) is -0.203. The number of rotatable bonds is 6. The molecule has 1 unspecified atom stereocenters. The Morgan fingerprint density at radius 2 is 2.21 bits per heavy atom. The Labute approximate surface area is 170 Å². The number of aromatic nitrogens is 2. The molecular weight excluding hydrogens is 394 g/mol. The second-order valence-electron chi connectivity index (χ2n) is 6.37. The first-order valence-corrected chi connectivity index (χ1v) is 9.73. The predicted molar refractivity (Wildman–Crippen MR) is 105 cm³/mol. The van der Waals surface area contributed by atoms with Crippen LogP contribution in [0.2, 0.25) is 0 Å². The van der Waals surface area contributed by atoms with Crippen LogP contribution >= 0.6 is 11.3 Å². The summed E-state index contributed by atoms with van der Waals surface area (Å²) in [6, 6.07) is 9.46. The van der Waals surface area contributed by atoms with E-state index in [1.807, 2.05) is 30.5 Å². The van der Waals surface area contributed by atoms with E-state index in [0.29, 0.717) is 10.9 Å². The summed E-state index contributed by atoms with van der Waals surface area (Å²) in [5, 5.41) is 11.2. The summed E-state index contributed by atoms with van der Waals surface area (Å²) in [6.45, 7) is -0.447. The van der Waals surface area contributed by atoms with Crippen LogP contribution in [0.5, 0.6) is 16.7 Å². The minimum atomic E-state index is -1.11. The number of aryl methyl sites for hydroxylation is 1. The fourth-order valence-electron chi connectivity index (χ4n) is 2.98. The maximum atomic E-state index is 11.9. The van der Waals surface area contributed by atoms with Gasteiger partial charge in [-0.3, -0.25) is 14.6 Å². The number of carboxylic acids is 1. The van der Waals surface area contributed by atoms with E-state index < -0.39 is 18.4 Å². The van der Waals surface area contributed by atoms with Crippen molar-refractivity contribution in [2.75, 3.05) is 6.54 Å². The SMILES string of the molecule is O=C(O)CNC(=O)c1cnc(Oc2ccc3c(c2)CCC(c2cccnc2)O3)s1. The summed E-state index contributed by atoms with van der Waals surface area (Å²) in [5.41, 5.74) is 2.09. The van der Waals surface area contributed by atoms with Gasteiger partial charge < -0.3 is 19.9 Å². The monoisotopic (exact) mass is 411 g/mol. The average molecular weight is 411 g/mol. The van der Waals surface area contributed by atoms with Crippen molar-refractivity contribution in [3.63, 3.8) is 0 Å². The molecule has 0 radical (unpaired) electrons. The number of hydrogen-bond acceptors (Lipinski definition) is 7. The highest BCUT2D eigenvalue weighted by Gasteiger charge is 2.22. The predicted octanol–water partition coefficient (Wildman–Crippen LogP) is 3.21. The van der Waals surface area contributed by atoms with Crippen LogP contribution in [0.1, 0.15) is 33.3 Å². The average Bonchev–Trinajstić information content (AvgIpc) is 3.21. The molecule has 2 N–H and O–H groups in total. The van der Waals surface area contributed by atoms with Crippen molar-refractivity contribution in [1.82, 2.24) is 15.3 Å². The number of nitrogens with one attached hydrogen (secondary N) is 1. The first-order valence-electron chi connectivity index (χ1n) is 8.91. The molecule has 0 aliphatic carbocycles. The number of carbonyl (C=O) groups excluding carboxylic acids is 1. The van der Waals surface area contributed by atoms with Crippen LogP contribution < -0.4 is 14.8 Å². The zero-order valence-electron chi connectivity index (χ0n) is 15.2.